The summed E-state index contributed by atoms with van der Waals surface area (Å²) in [6.07, 6.45) is 6.75. The van der Waals surface area contributed by atoms with E-state index in [1.165, 1.54) is 0 Å². The lowest BCUT2D eigenvalue weighted by molar-refractivity contribution is -0.296. The predicted octanol–water partition coefficient (Wildman–Crippen LogP) is 8.01. The Morgan fingerprint density at radius 2 is 0.692 bits per heavy atom. The van der Waals surface area contributed by atoms with Crippen LogP contribution in [0.5, 0.6) is 0 Å². The average molecular weight is 373 g/mol. The molecule has 0 aliphatic heterocycles. The van der Waals surface area contributed by atoms with Gasteiger partial charge in [0.2, 0.25) is 0 Å². The first-order valence-electron chi connectivity index (χ1n) is 11.3. The van der Waals surface area contributed by atoms with E-state index in [4.69, 9.17) is 0 Å². The van der Waals surface area contributed by atoms with Gasteiger partial charge in [-0.25, -0.2) is 0 Å². The maximum absolute atomic E-state index is 15.0. The summed E-state index contributed by atoms with van der Waals surface area (Å²) in [6, 6.07) is 0. The molecule has 0 heterocycles. The Balaban J connectivity index is 1.96. The fourth-order valence-corrected chi connectivity index (χ4v) is 6.91. The van der Waals surface area contributed by atoms with Crippen molar-refractivity contribution in [2.24, 2.45) is 40.9 Å². The van der Waals surface area contributed by atoms with Gasteiger partial charge in [0.25, 0.3) is 0 Å². The molecule has 3 aliphatic rings. The number of alkyl halides is 3. The summed E-state index contributed by atoms with van der Waals surface area (Å²) in [5, 5.41) is 0. The second kappa shape index (κ2) is 8.03. The zero-order valence-corrected chi connectivity index (χ0v) is 17.1. The molecule has 0 saturated heterocycles. The molecule has 3 fully saturated rings. The number of hydrogen-bond donors (Lipinski definition) is 0. The number of hydrogen-bond acceptors (Lipinski definition) is 0. The molecule has 0 bridgehead atoms. The molecule has 0 nitrogen and oxygen atoms in total. The van der Waals surface area contributed by atoms with E-state index < -0.39 is 11.6 Å². The van der Waals surface area contributed by atoms with Crippen molar-refractivity contribution in [3.05, 3.63) is 0 Å². The van der Waals surface area contributed by atoms with Crippen LogP contribution in [0, 0.1) is 40.9 Å². The monoisotopic (exact) mass is 372 g/mol. The first kappa shape index (κ1) is 20.5. The normalized spacial score (nSPS) is 42.2. The second-order valence-electron chi connectivity index (χ2n) is 10.3. The summed E-state index contributed by atoms with van der Waals surface area (Å²) >= 11 is 0. The molecule has 0 N–H and O–H groups in total. The zero-order valence-electron chi connectivity index (χ0n) is 17.1. The molecule has 0 aromatic heterocycles. The van der Waals surface area contributed by atoms with Crippen molar-refractivity contribution in [3.8, 4) is 0 Å². The highest BCUT2D eigenvalue weighted by Crippen LogP contribution is 2.64. The van der Waals surface area contributed by atoms with E-state index in [2.05, 4.69) is 20.8 Å². The van der Waals surface area contributed by atoms with Crippen molar-refractivity contribution in [3.63, 3.8) is 0 Å². The number of halogens is 3. The van der Waals surface area contributed by atoms with Crippen molar-refractivity contribution in [1.82, 2.24) is 0 Å². The summed E-state index contributed by atoms with van der Waals surface area (Å²) in [4.78, 5) is 0. The third-order valence-corrected chi connectivity index (χ3v) is 8.57. The largest absolute Gasteiger partial charge is 0.395 e. The van der Waals surface area contributed by atoms with E-state index in [1.807, 2.05) is 0 Å². The van der Waals surface area contributed by atoms with Gasteiger partial charge in [0.15, 0.2) is 0 Å². The lowest BCUT2D eigenvalue weighted by atomic mass is 9.50. The average Bonchev–Trinajstić information content (AvgIpc) is 2.59. The lowest BCUT2D eigenvalue weighted by Crippen LogP contribution is -2.57. The molecular weight excluding hydrogens is 333 g/mol. The van der Waals surface area contributed by atoms with Crippen LogP contribution in [-0.2, 0) is 0 Å². The first-order chi connectivity index (χ1) is 12.2. The zero-order chi connectivity index (χ0) is 18.9. The Hall–Kier alpha value is -0.210. The molecule has 0 spiro atoms. The van der Waals surface area contributed by atoms with E-state index in [0.29, 0.717) is 17.8 Å². The highest BCUT2D eigenvalue weighted by Gasteiger charge is 2.66. The van der Waals surface area contributed by atoms with Crippen molar-refractivity contribution in [2.75, 3.05) is 0 Å². The molecule has 0 atom stereocenters. The molecular formula is C23H39F3. The van der Waals surface area contributed by atoms with Crippen LogP contribution in [0.3, 0.4) is 0 Å². The van der Waals surface area contributed by atoms with E-state index in [-0.39, 0.29) is 17.8 Å². The molecule has 3 rings (SSSR count). The van der Waals surface area contributed by atoms with Gasteiger partial charge in [0.05, 0.1) is 5.41 Å². The maximum atomic E-state index is 15.0. The van der Waals surface area contributed by atoms with Crippen LogP contribution in [-0.4, -0.2) is 6.18 Å². The van der Waals surface area contributed by atoms with Gasteiger partial charge in [-0.1, -0.05) is 59.3 Å². The van der Waals surface area contributed by atoms with Crippen LogP contribution < -0.4 is 0 Å². The van der Waals surface area contributed by atoms with Crippen molar-refractivity contribution < 1.29 is 13.2 Å². The Bertz CT molecular complexity index is 376. The van der Waals surface area contributed by atoms with E-state index >= 15 is 13.2 Å². The maximum Gasteiger partial charge on any atom is 0.395 e. The van der Waals surface area contributed by atoms with Crippen LogP contribution in [0.1, 0.15) is 97.8 Å². The minimum Gasteiger partial charge on any atom is -0.170 e. The minimum absolute atomic E-state index is 0.129. The lowest BCUT2D eigenvalue weighted by Gasteiger charge is -2.56. The van der Waals surface area contributed by atoms with Gasteiger partial charge in [-0.05, 0) is 74.0 Å². The molecule has 0 amide bonds. The first-order valence-corrected chi connectivity index (χ1v) is 11.3. The number of rotatable bonds is 3. The van der Waals surface area contributed by atoms with Crippen molar-refractivity contribution >= 4 is 0 Å². The van der Waals surface area contributed by atoms with Crippen molar-refractivity contribution in [2.45, 2.75) is 104 Å². The molecule has 3 saturated carbocycles. The van der Waals surface area contributed by atoms with Gasteiger partial charge >= 0.3 is 6.18 Å². The minimum atomic E-state index is -4.05. The molecule has 0 radical (unpaired) electrons. The molecule has 26 heavy (non-hydrogen) atoms. The molecule has 3 aliphatic carbocycles. The Labute approximate surface area is 158 Å². The van der Waals surface area contributed by atoms with Crippen molar-refractivity contribution in [1.29, 1.82) is 0 Å². The van der Waals surface area contributed by atoms with Crippen LogP contribution in [0.25, 0.3) is 0 Å². The summed E-state index contributed by atoms with van der Waals surface area (Å²) in [5.41, 5.74) is -1.40. The predicted molar refractivity (Wildman–Crippen MR) is 102 cm³/mol. The topological polar surface area (TPSA) is 0 Å². The molecule has 0 aromatic carbocycles. The quantitative estimate of drug-likeness (QED) is 0.470. The van der Waals surface area contributed by atoms with Crippen LogP contribution in [0.4, 0.5) is 13.2 Å². The second-order valence-corrected chi connectivity index (χ2v) is 10.3. The summed E-state index contributed by atoms with van der Waals surface area (Å²) in [7, 11) is 0. The molecule has 3 heteroatoms. The Kier molecular flexibility index (Phi) is 6.34. The Morgan fingerprint density at radius 3 is 0.885 bits per heavy atom. The highest BCUT2D eigenvalue weighted by molar-refractivity contribution is 5.04. The third-order valence-electron chi connectivity index (χ3n) is 8.57. The molecule has 0 unspecified atom stereocenters. The van der Waals surface area contributed by atoms with E-state index in [1.54, 1.807) is 0 Å². The van der Waals surface area contributed by atoms with E-state index in [0.717, 1.165) is 77.0 Å². The van der Waals surface area contributed by atoms with E-state index in [9.17, 15) is 0 Å². The fourth-order valence-electron chi connectivity index (χ4n) is 6.91. The van der Waals surface area contributed by atoms with Gasteiger partial charge in [0.1, 0.15) is 0 Å². The van der Waals surface area contributed by atoms with Gasteiger partial charge in [0, 0.05) is 0 Å². The van der Waals surface area contributed by atoms with Crippen LogP contribution in [0.2, 0.25) is 0 Å². The van der Waals surface area contributed by atoms with Gasteiger partial charge in [-0.2, -0.15) is 13.2 Å². The smallest absolute Gasteiger partial charge is 0.170 e. The molecule has 0 aromatic rings. The summed E-state index contributed by atoms with van der Waals surface area (Å²) in [6.45, 7) is 6.65. The summed E-state index contributed by atoms with van der Waals surface area (Å²) < 4.78 is 45.1. The summed E-state index contributed by atoms with van der Waals surface area (Å²) in [5.74, 6) is 1.43. The Morgan fingerprint density at radius 1 is 0.462 bits per heavy atom. The SMILES string of the molecule is CC1CCC(C(C2CCC(C)CC2)(C2CCC(C)CC2)C(F)(F)F)CC1. The fraction of sp³-hybridized carbons (Fsp3) is 1.00. The standard InChI is InChI=1S/C23H39F3/c1-16-4-10-19(11-5-16)22(23(24,25)26,20-12-6-17(2)7-13-20)21-14-8-18(3)9-15-21/h16-21H,4-15H2,1-3H3. The van der Waals surface area contributed by atoms with Crippen LogP contribution >= 0.6 is 0 Å². The van der Waals surface area contributed by atoms with Gasteiger partial charge in [-0.3, -0.25) is 0 Å². The van der Waals surface area contributed by atoms with Gasteiger partial charge in [-0.15, -0.1) is 0 Å². The van der Waals surface area contributed by atoms with Crippen LogP contribution in [0.15, 0.2) is 0 Å². The molecule has 152 valence electrons. The highest BCUT2D eigenvalue weighted by atomic mass is 19.4. The third kappa shape index (κ3) is 3.83. The van der Waals surface area contributed by atoms with Gasteiger partial charge < -0.3 is 0 Å².